The largest absolute Gasteiger partial charge is 0.497 e. The number of benzene rings is 2. The minimum absolute atomic E-state index is 0.160. The van der Waals surface area contributed by atoms with Crippen molar-refractivity contribution >= 4 is 34.3 Å². The van der Waals surface area contributed by atoms with Gasteiger partial charge >= 0.3 is 6.03 Å². The highest BCUT2D eigenvalue weighted by atomic mass is 16.5. The van der Waals surface area contributed by atoms with E-state index in [2.05, 4.69) is 5.32 Å². The van der Waals surface area contributed by atoms with Crippen LogP contribution in [0.2, 0.25) is 0 Å². The first-order valence-electron chi connectivity index (χ1n) is 7.97. The number of primary amides is 1. The standard InChI is InChI=1S/C19H17N3O5/c1-10(23)13-4-3-5-14-15(13)16(18(25)22(14)19(20)26)17(24)21-11-6-8-12(27-2)9-7-11/h3-9,25H,1-2H3,(H2,20,26)(H,21,24). The Balaban J connectivity index is 2.17. The Morgan fingerprint density at radius 2 is 1.78 bits per heavy atom. The first-order valence-corrected chi connectivity index (χ1v) is 7.97. The predicted octanol–water partition coefficient (Wildman–Crippen LogP) is 2.74. The number of fused-ring (bicyclic) bond motifs is 1. The van der Waals surface area contributed by atoms with Gasteiger partial charge in [0.1, 0.15) is 11.3 Å². The van der Waals surface area contributed by atoms with Crippen LogP contribution in [-0.4, -0.2) is 34.5 Å². The number of Topliss-reactive ketones (excluding diaryl/α,β-unsaturated/α-hetero) is 1. The normalized spacial score (nSPS) is 10.6. The Kier molecular flexibility index (Phi) is 4.55. The maximum absolute atomic E-state index is 12.8. The fourth-order valence-electron chi connectivity index (χ4n) is 2.93. The lowest BCUT2D eigenvalue weighted by atomic mass is 10.0. The van der Waals surface area contributed by atoms with E-state index in [9.17, 15) is 19.5 Å². The molecule has 8 heteroatoms. The quantitative estimate of drug-likeness (QED) is 0.612. The van der Waals surface area contributed by atoms with Crippen molar-refractivity contribution in [3.8, 4) is 11.6 Å². The number of hydrogen-bond donors (Lipinski definition) is 3. The summed E-state index contributed by atoms with van der Waals surface area (Å²) in [6, 6.07) is 10.1. The average Bonchev–Trinajstić information content (AvgIpc) is 2.94. The second-order valence-electron chi connectivity index (χ2n) is 5.81. The molecule has 3 aromatic rings. The van der Waals surface area contributed by atoms with E-state index in [0.29, 0.717) is 11.4 Å². The third-order valence-corrected chi connectivity index (χ3v) is 4.14. The van der Waals surface area contributed by atoms with E-state index in [4.69, 9.17) is 10.5 Å². The van der Waals surface area contributed by atoms with Crippen LogP contribution in [0, 0.1) is 0 Å². The molecule has 0 aliphatic rings. The lowest BCUT2D eigenvalue weighted by molar-refractivity contribution is 0.101. The molecule has 0 aliphatic carbocycles. The van der Waals surface area contributed by atoms with Gasteiger partial charge in [-0.15, -0.1) is 0 Å². The average molecular weight is 367 g/mol. The van der Waals surface area contributed by atoms with Crippen LogP contribution in [0.25, 0.3) is 10.9 Å². The van der Waals surface area contributed by atoms with Crippen molar-refractivity contribution in [3.05, 3.63) is 53.6 Å². The van der Waals surface area contributed by atoms with Crippen molar-refractivity contribution in [2.75, 3.05) is 12.4 Å². The zero-order valence-electron chi connectivity index (χ0n) is 14.6. The number of carbonyl (C=O) groups excluding carboxylic acids is 3. The van der Waals surface area contributed by atoms with E-state index < -0.39 is 17.8 Å². The zero-order chi connectivity index (χ0) is 19.7. The Hall–Kier alpha value is -3.81. The molecule has 0 spiro atoms. The molecule has 1 aromatic heterocycles. The molecule has 0 unspecified atom stereocenters. The summed E-state index contributed by atoms with van der Waals surface area (Å²) in [6.07, 6.45) is 0. The van der Waals surface area contributed by atoms with Gasteiger partial charge in [0, 0.05) is 16.6 Å². The maximum atomic E-state index is 12.8. The van der Waals surface area contributed by atoms with Gasteiger partial charge in [0.15, 0.2) is 5.78 Å². The number of ether oxygens (including phenoxy) is 1. The number of anilines is 1. The second kappa shape index (κ2) is 6.83. The van der Waals surface area contributed by atoms with Crippen LogP contribution in [0.15, 0.2) is 42.5 Å². The van der Waals surface area contributed by atoms with Crippen LogP contribution >= 0.6 is 0 Å². The second-order valence-corrected chi connectivity index (χ2v) is 5.81. The molecule has 0 bridgehead atoms. The van der Waals surface area contributed by atoms with Gasteiger partial charge in [0.2, 0.25) is 5.88 Å². The summed E-state index contributed by atoms with van der Waals surface area (Å²) < 4.78 is 5.86. The summed E-state index contributed by atoms with van der Waals surface area (Å²) in [6.45, 7) is 1.33. The fourth-order valence-corrected chi connectivity index (χ4v) is 2.93. The number of rotatable bonds is 4. The number of aromatic nitrogens is 1. The molecular weight excluding hydrogens is 350 g/mol. The van der Waals surface area contributed by atoms with E-state index in [-0.39, 0.29) is 27.8 Å². The van der Waals surface area contributed by atoms with Gasteiger partial charge in [-0.2, -0.15) is 0 Å². The smallest absolute Gasteiger partial charge is 0.326 e. The zero-order valence-corrected chi connectivity index (χ0v) is 14.6. The van der Waals surface area contributed by atoms with E-state index in [1.165, 1.54) is 26.2 Å². The number of carbonyl (C=O) groups is 3. The first kappa shape index (κ1) is 18.0. The van der Waals surface area contributed by atoms with E-state index in [1.807, 2.05) is 0 Å². The van der Waals surface area contributed by atoms with Crippen molar-refractivity contribution in [1.82, 2.24) is 4.57 Å². The number of amides is 2. The summed E-state index contributed by atoms with van der Waals surface area (Å²) in [7, 11) is 1.52. The molecule has 0 saturated carbocycles. The Morgan fingerprint density at radius 1 is 1.11 bits per heavy atom. The molecule has 0 aliphatic heterocycles. The topological polar surface area (TPSA) is 124 Å². The van der Waals surface area contributed by atoms with Crippen LogP contribution < -0.4 is 15.8 Å². The molecule has 0 saturated heterocycles. The molecule has 8 nitrogen and oxygen atoms in total. The maximum Gasteiger partial charge on any atom is 0.326 e. The van der Waals surface area contributed by atoms with Crippen molar-refractivity contribution < 1.29 is 24.2 Å². The van der Waals surface area contributed by atoms with Gasteiger partial charge in [-0.25, -0.2) is 9.36 Å². The number of aromatic hydroxyl groups is 1. The molecule has 0 fully saturated rings. The molecule has 2 aromatic carbocycles. The molecule has 2 amide bonds. The lowest BCUT2D eigenvalue weighted by Crippen LogP contribution is -2.19. The molecule has 3 rings (SSSR count). The summed E-state index contributed by atoms with van der Waals surface area (Å²) in [5, 5.41) is 13.3. The van der Waals surface area contributed by atoms with E-state index in [0.717, 1.165) is 4.57 Å². The van der Waals surface area contributed by atoms with E-state index >= 15 is 0 Å². The predicted molar refractivity (Wildman–Crippen MR) is 99.5 cm³/mol. The van der Waals surface area contributed by atoms with Gasteiger partial charge < -0.3 is 20.9 Å². The molecular formula is C19H17N3O5. The number of hydrogen-bond acceptors (Lipinski definition) is 5. The monoisotopic (exact) mass is 367 g/mol. The molecule has 0 radical (unpaired) electrons. The number of nitrogens with two attached hydrogens (primary N) is 1. The highest BCUT2D eigenvalue weighted by Crippen LogP contribution is 2.34. The third kappa shape index (κ3) is 3.08. The Labute approximate surface area is 154 Å². The minimum atomic E-state index is -0.971. The highest BCUT2D eigenvalue weighted by molar-refractivity contribution is 6.21. The van der Waals surface area contributed by atoms with Crippen LogP contribution in [0.4, 0.5) is 10.5 Å². The van der Waals surface area contributed by atoms with Crippen molar-refractivity contribution in [3.63, 3.8) is 0 Å². The molecule has 27 heavy (non-hydrogen) atoms. The van der Waals surface area contributed by atoms with Gasteiger partial charge in [0.25, 0.3) is 5.91 Å². The van der Waals surface area contributed by atoms with Crippen molar-refractivity contribution in [2.24, 2.45) is 5.73 Å². The molecule has 0 atom stereocenters. The summed E-state index contributed by atoms with van der Waals surface area (Å²) >= 11 is 0. The summed E-state index contributed by atoms with van der Waals surface area (Å²) in [5.74, 6) is -1.02. The van der Waals surface area contributed by atoms with Gasteiger partial charge in [-0.1, -0.05) is 12.1 Å². The fraction of sp³-hybridized carbons (Fsp3) is 0.105. The van der Waals surface area contributed by atoms with Gasteiger partial charge in [0.05, 0.1) is 12.6 Å². The van der Waals surface area contributed by atoms with Crippen LogP contribution in [0.5, 0.6) is 11.6 Å². The first-order chi connectivity index (χ1) is 12.8. The number of nitrogens with one attached hydrogen (secondary N) is 1. The van der Waals surface area contributed by atoms with Crippen LogP contribution in [-0.2, 0) is 0 Å². The molecule has 1 heterocycles. The molecule has 138 valence electrons. The SMILES string of the molecule is COc1ccc(NC(=O)c2c(O)n(C(N)=O)c3cccc(C(C)=O)c23)cc1. The Bertz CT molecular complexity index is 1070. The number of nitrogens with zero attached hydrogens (tertiary/aromatic N) is 1. The van der Waals surface area contributed by atoms with Crippen molar-refractivity contribution in [2.45, 2.75) is 6.92 Å². The van der Waals surface area contributed by atoms with Gasteiger partial charge in [-0.3, -0.25) is 9.59 Å². The summed E-state index contributed by atoms with van der Waals surface area (Å²) in [5.41, 5.74) is 5.95. The third-order valence-electron chi connectivity index (χ3n) is 4.14. The Morgan fingerprint density at radius 3 is 2.33 bits per heavy atom. The minimum Gasteiger partial charge on any atom is -0.497 e. The molecule has 4 N–H and O–H groups in total. The van der Waals surface area contributed by atoms with E-state index in [1.54, 1.807) is 30.3 Å². The lowest BCUT2D eigenvalue weighted by Gasteiger charge is -2.07. The van der Waals surface area contributed by atoms with Crippen molar-refractivity contribution in [1.29, 1.82) is 0 Å². The van der Waals surface area contributed by atoms with Crippen LogP contribution in [0.3, 0.4) is 0 Å². The number of methoxy groups -OCH3 is 1. The van der Waals surface area contributed by atoms with Gasteiger partial charge in [-0.05, 0) is 37.3 Å². The van der Waals surface area contributed by atoms with Crippen LogP contribution in [0.1, 0.15) is 27.6 Å². The number of ketones is 1. The summed E-state index contributed by atoms with van der Waals surface area (Å²) in [4.78, 5) is 36.6. The highest BCUT2D eigenvalue weighted by Gasteiger charge is 2.27.